The third-order valence-electron chi connectivity index (χ3n) is 3.92. The van der Waals surface area contributed by atoms with E-state index in [0.717, 1.165) is 28.4 Å². The van der Waals surface area contributed by atoms with Crippen molar-refractivity contribution in [2.24, 2.45) is 0 Å². The Morgan fingerprint density at radius 3 is 2.65 bits per heavy atom. The SMILES string of the molecule is COc1ccccc1-c1cn(Cc2c(C)cc(C)nc2C)nn1. The van der Waals surface area contributed by atoms with Crippen LogP contribution in [0.15, 0.2) is 36.5 Å². The number of aryl methyl sites for hydroxylation is 3. The molecule has 0 fully saturated rings. The zero-order valence-electron chi connectivity index (χ0n) is 13.9. The molecule has 0 spiro atoms. The summed E-state index contributed by atoms with van der Waals surface area (Å²) in [7, 11) is 1.66. The maximum atomic E-state index is 5.39. The molecule has 0 saturated heterocycles. The minimum Gasteiger partial charge on any atom is -0.496 e. The first-order valence-electron chi connectivity index (χ1n) is 7.55. The van der Waals surface area contributed by atoms with Crippen molar-refractivity contribution in [2.45, 2.75) is 27.3 Å². The molecule has 3 rings (SSSR count). The fourth-order valence-electron chi connectivity index (χ4n) is 2.81. The number of pyridine rings is 1. The quantitative estimate of drug-likeness (QED) is 0.742. The van der Waals surface area contributed by atoms with Crippen LogP contribution in [0.3, 0.4) is 0 Å². The maximum absolute atomic E-state index is 5.39. The molecule has 0 aliphatic carbocycles. The average molecular weight is 308 g/mol. The van der Waals surface area contributed by atoms with Gasteiger partial charge in [-0.25, -0.2) is 4.68 Å². The van der Waals surface area contributed by atoms with Gasteiger partial charge in [0.2, 0.25) is 0 Å². The van der Waals surface area contributed by atoms with Gasteiger partial charge in [0.05, 0.1) is 19.9 Å². The molecule has 2 aromatic heterocycles. The molecule has 0 N–H and O–H groups in total. The Bertz CT molecular complexity index is 816. The summed E-state index contributed by atoms with van der Waals surface area (Å²) < 4.78 is 7.23. The maximum Gasteiger partial charge on any atom is 0.128 e. The molecule has 118 valence electrons. The van der Waals surface area contributed by atoms with Crippen LogP contribution in [0.4, 0.5) is 0 Å². The first-order chi connectivity index (χ1) is 11.1. The van der Waals surface area contributed by atoms with Crippen molar-refractivity contribution in [3.05, 3.63) is 59.0 Å². The van der Waals surface area contributed by atoms with Crippen LogP contribution in [0.25, 0.3) is 11.3 Å². The summed E-state index contributed by atoms with van der Waals surface area (Å²) in [5.41, 5.74) is 6.24. The molecule has 0 amide bonds. The van der Waals surface area contributed by atoms with Gasteiger partial charge in [-0.05, 0) is 50.1 Å². The molecule has 5 nitrogen and oxygen atoms in total. The van der Waals surface area contributed by atoms with E-state index in [1.165, 1.54) is 11.1 Å². The molecule has 0 aliphatic rings. The summed E-state index contributed by atoms with van der Waals surface area (Å²) >= 11 is 0. The van der Waals surface area contributed by atoms with Crippen LogP contribution in [0, 0.1) is 20.8 Å². The van der Waals surface area contributed by atoms with Gasteiger partial charge in [-0.15, -0.1) is 5.10 Å². The molecule has 0 atom stereocenters. The number of para-hydroxylation sites is 1. The van der Waals surface area contributed by atoms with Crippen LogP contribution in [0.1, 0.15) is 22.5 Å². The molecular weight excluding hydrogens is 288 g/mol. The van der Waals surface area contributed by atoms with Crippen molar-refractivity contribution in [2.75, 3.05) is 7.11 Å². The van der Waals surface area contributed by atoms with Gasteiger partial charge in [0, 0.05) is 17.0 Å². The van der Waals surface area contributed by atoms with Crippen molar-refractivity contribution in [1.29, 1.82) is 0 Å². The Balaban J connectivity index is 1.91. The minimum absolute atomic E-state index is 0.660. The fraction of sp³-hybridized carbons (Fsp3) is 0.278. The molecular formula is C18H20N4O. The smallest absolute Gasteiger partial charge is 0.128 e. The van der Waals surface area contributed by atoms with Crippen LogP contribution in [-0.4, -0.2) is 27.1 Å². The Morgan fingerprint density at radius 2 is 1.91 bits per heavy atom. The second-order valence-electron chi connectivity index (χ2n) is 5.65. The van der Waals surface area contributed by atoms with E-state index in [4.69, 9.17) is 4.74 Å². The van der Waals surface area contributed by atoms with Crippen molar-refractivity contribution < 1.29 is 4.74 Å². The summed E-state index contributed by atoms with van der Waals surface area (Å²) in [6, 6.07) is 9.91. The molecule has 23 heavy (non-hydrogen) atoms. The second kappa shape index (κ2) is 6.20. The molecule has 0 radical (unpaired) electrons. The van der Waals surface area contributed by atoms with E-state index in [1.807, 2.05) is 49.0 Å². The van der Waals surface area contributed by atoms with E-state index < -0.39 is 0 Å². The first-order valence-corrected chi connectivity index (χ1v) is 7.55. The number of hydrogen-bond acceptors (Lipinski definition) is 4. The molecule has 0 aliphatic heterocycles. The average Bonchev–Trinajstić information content (AvgIpc) is 2.99. The monoisotopic (exact) mass is 308 g/mol. The van der Waals surface area contributed by atoms with Crippen LogP contribution in [-0.2, 0) is 6.54 Å². The lowest BCUT2D eigenvalue weighted by molar-refractivity contribution is 0.416. The summed E-state index contributed by atoms with van der Waals surface area (Å²) in [6.45, 7) is 6.81. The zero-order valence-corrected chi connectivity index (χ0v) is 13.9. The topological polar surface area (TPSA) is 52.8 Å². The highest BCUT2D eigenvalue weighted by atomic mass is 16.5. The summed E-state index contributed by atoms with van der Waals surface area (Å²) in [5.74, 6) is 0.795. The number of ether oxygens (including phenoxy) is 1. The lowest BCUT2D eigenvalue weighted by atomic mass is 10.1. The Hall–Kier alpha value is -2.69. The predicted molar refractivity (Wildman–Crippen MR) is 89.6 cm³/mol. The number of benzene rings is 1. The second-order valence-corrected chi connectivity index (χ2v) is 5.65. The highest BCUT2D eigenvalue weighted by molar-refractivity contribution is 5.66. The highest BCUT2D eigenvalue weighted by Crippen LogP contribution is 2.27. The Morgan fingerprint density at radius 1 is 1.13 bits per heavy atom. The number of nitrogens with zero attached hydrogens (tertiary/aromatic N) is 4. The minimum atomic E-state index is 0.660. The summed E-state index contributed by atoms with van der Waals surface area (Å²) in [4.78, 5) is 4.54. The van der Waals surface area contributed by atoms with E-state index in [9.17, 15) is 0 Å². The van der Waals surface area contributed by atoms with E-state index >= 15 is 0 Å². The van der Waals surface area contributed by atoms with E-state index in [1.54, 1.807) is 7.11 Å². The van der Waals surface area contributed by atoms with Gasteiger partial charge in [0.25, 0.3) is 0 Å². The third-order valence-corrected chi connectivity index (χ3v) is 3.92. The summed E-state index contributed by atoms with van der Waals surface area (Å²) in [5, 5.41) is 8.53. The largest absolute Gasteiger partial charge is 0.496 e. The van der Waals surface area contributed by atoms with E-state index in [2.05, 4.69) is 28.3 Å². The third kappa shape index (κ3) is 3.08. The van der Waals surface area contributed by atoms with Gasteiger partial charge < -0.3 is 4.74 Å². The van der Waals surface area contributed by atoms with Crippen molar-refractivity contribution in [3.63, 3.8) is 0 Å². The van der Waals surface area contributed by atoms with Crippen molar-refractivity contribution >= 4 is 0 Å². The van der Waals surface area contributed by atoms with Gasteiger partial charge >= 0.3 is 0 Å². The van der Waals surface area contributed by atoms with E-state index in [0.29, 0.717) is 6.54 Å². The fourth-order valence-corrected chi connectivity index (χ4v) is 2.81. The number of methoxy groups -OCH3 is 1. The van der Waals surface area contributed by atoms with Crippen LogP contribution < -0.4 is 4.74 Å². The lowest BCUT2D eigenvalue weighted by Gasteiger charge is -2.10. The molecule has 2 heterocycles. The van der Waals surface area contributed by atoms with Gasteiger partial charge in [0.1, 0.15) is 11.4 Å². The van der Waals surface area contributed by atoms with E-state index in [-0.39, 0.29) is 0 Å². The van der Waals surface area contributed by atoms with Gasteiger partial charge in [-0.1, -0.05) is 17.3 Å². The molecule has 3 aromatic rings. The van der Waals surface area contributed by atoms with Gasteiger partial charge in [-0.3, -0.25) is 4.98 Å². The normalized spacial score (nSPS) is 10.8. The van der Waals surface area contributed by atoms with Crippen molar-refractivity contribution in [1.82, 2.24) is 20.0 Å². The first kappa shape index (κ1) is 15.2. The lowest BCUT2D eigenvalue weighted by Crippen LogP contribution is -2.06. The highest BCUT2D eigenvalue weighted by Gasteiger charge is 2.11. The number of aromatic nitrogens is 4. The number of hydrogen-bond donors (Lipinski definition) is 0. The number of rotatable bonds is 4. The summed E-state index contributed by atoms with van der Waals surface area (Å²) in [6.07, 6.45) is 1.94. The molecule has 0 unspecified atom stereocenters. The van der Waals surface area contributed by atoms with Crippen LogP contribution >= 0.6 is 0 Å². The standard InChI is InChI=1S/C18H20N4O/c1-12-9-13(2)19-14(3)16(12)10-22-11-17(20-21-22)15-7-5-6-8-18(15)23-4/h5-9,11H,10H2,1-4H3. The van der Waals surface area contributed by atoms with Crippen LogP contribution in [0.2, 0.25) is 0 Å². The van der Waals surface area contributed by atoms with Crippen LogP contribution in [0.5, 0.6) is 5.75 Å². The zero-order chi connectivity index (χ0) is 16.4. The molecule has 0 bridgehead atoms. The molecule has 1 aromatic carbocycles. The predicted octanol–water partition coefficient (Wildman–Crippen LogP) is 3.32. The van der Waals surface area contributed by atoms with Gasteiger partial charge in [0.15, 0.2) is 0 Å². The van der Waals surface area contributed by atoms with Gasteiger partial charge in [-0.2, -0.15) is 0 Å². The Labute approximate surface area is 135 Å². The molecule has 0 saturated carbocycles. The Kier molecular flexibility index (Phi) is 4.10. The van der Waals surface area contributed by atoms with Crippen molar-refractivity contribution in [3.8, 4) is 17.0 Å². The molecule has 5 heteroatoms.